The second-order valence-electron chi connectivity index (χ2n) is 2.29. The topological polar surface area (TPSA) is 32.7 Å². The Labute approximate surface area is 61.9 Å². The molecular formula is C6H8N2OS. The molecule has 0 aromatic rings. The minimum Gasteiger partial charge on any atom is -0.344 e. The highest BCUT2D eigenvalue weighted by Crippen LogP contribution is 2.10. The van der Waals surface area contributed by atoms with Gasteiger partial charge in [-0.05, 0) is 6.08 Å². The molecule has 3 nitrogen and oxygen atoms in total. The van der Waals surface area contributed by atoms with Gasteiger partial charge in [0.2, 0.25) is 0 Å². The van der Waals surface area contributed by atoms with Gasteiger partial charge >= 0.3 is 0 Å². The fraction of sp³-hybridized carbons (Fsp3) is 0.500. The summed E-state index contributed by atoms with van der Waals surface area (Å²) in [5.41, 5.74) is 0. The molecule has 0 N–H and O–H groups in total. The molecule has 2 aliphatic rings. The van der Waals surface area contributed by atoms with Crippen molar-refractivity contribution in [2.75, 3.05) is 18.8 Å². The summed E-state index contributed by atoms with van der Waals surface area (Å²) in [5, 5.41) is 0.766. The molecule has 1 unspecified atom stereocenters. The monoisotopic (exact) mass is 156 g/mol. The maximum absolute atomic E-state index is 11.1. The van der Waals surface area contributed by atoms with Gasteiger partial charge in [-0.1, -0.05) is 0 Å². The number of amidine groups is 1. The van der Waals surface area contributed by atoms with E-state index in [-0.39, 0.29) is 0 Å². The summed E-state index contributed by atoms with van der Waals surface area (Å²) in [7, 11) is -0.815. The lowest BCUT2D eigenvalue weighted by molar-refractivity contribution is 0.507. The molecule has 0 bridgehead atoms. The first-order valence-electron chi connectivity index (χ1n) is 3.24. The third-order valence-corrected chi connectivity index (χ3v) is 2.96. The minimum atomic E-state index is -0.815. The second kappa shape index (κ2) is 2.20. The van der Waals surface area contributed by atoms with E-state index in [1.165, 1.54) is 0 Å². The van der Waals surface area contributed by atoms with Gasteiger partial charge in [-0.2, -0.15) is 0 Å². The molecule has 2 rings (SSSR count). The standard InChI is InChI=1S/C6H8N2OS/c9-10-5-4-8-3-1-2-7-6(8)10/h1-2H,3-5H2. The summed E-state index contributed by atoms with van der Waals surface area (Å²) in [4.78, 5) is 6.09. The predicted molar refractivity (Wildman–Crippen MR) is 41.2 cm³/mol. The van der Waals surface area contributed by atoms with Crippen LogP contribution in [0, 0.1) is 0 Å². The van der Waals surface area contributed by atoms with Crippen molar-refractivity contribution in [2.24, 2.45) is 4.99 Å². The van der Waals surface area contributed by atoms with Gasteiger partial charge in [0.25, 0.3) is 0 Å². The molecule has 0 aromatic carbocycles. The van der Waals surface area contributed by atoms with Crippen LogP contribution in [-0.2, 0) is 10.8 Å². The first-order chi connectivity index (χ1) is 4.88. The highest BCUT2D eigenvalue weighted by Gasteiger charge is 2.25. The van der Waals surface area contributed by atoms with Crippen LogP contribution in [0.3, 0.4) is 0 Å². The van der Waals surface area contributed by atoms with E-state index in [1.807, 2.05) is 6.08 Å². The maximum atomic E-state index is 11.1. The summed E-state index contributed by atoms with van der Waals surface area (Å²) < 4.78 is 11.1. The van der Waals surface area contributed by atoms with Crippen molar-refractivity contribution in [1.82, 2.24) is 4.90 Å². The van der Waals surface area contributed by atoms with Crippen molar-refractivity contribution in [1.29, 1.82) is 0 Å². The van der Waals surface area contributed by atoms with Crippen LogP contribution in [0.2, 0.25) is 0 Å². The molecule has 2 heterocycles. The molecule has 0 aliphatic carbocycles. The molecule has 1 saturated heterocycles. The number of hydrogen-bond donors (Lipinski definition) is 0. The molecule has 4 heteroatoms. The third kappa shape index (κ3) is 0.794. The molecule has 1 atom stereocenters. The van der Waals surface area contributed by atoms with E-state index < -0.39 is 10.8 Å². The average Bonchev–Trinajstić information content (AvgIpc) is 2.34. The molecule has 0 amide bonds. The molecule has 0 radical (unpaired) electrons. The van der Waals surface area contributed by atoms with Crippen LogP contribution >= 0.6 is 0 Å². The van der Waals surface area contributed by atoms with E-state index >= 15 is 0 Å². The number of hydrogen-bond acceptors (Lipinski definition) is 3. The van der Waals surface area contributed by atoms with Crippen molar-refractivity contribution in [2.45, 2.75) is 0 Å². The third-order valence-electron chi connectivity index (χ3n) is 1.64. The Bertz CT molecular complexity index is 234. The predicted octanol–water partition coefficient (Wildman–Crippen LogP) is -0.0660. The van der Waals surface area contributed by atoms with E-state index in [1.54, 1.807) is 6.20 Å². The van der Waals surface area contributed by atoms with Crippen molar-refractivity contribution >= 4 is 16.0 Å². The van der Waals surface area contributed by atoms with E-state index in [0.717, 1.165) is 24.0 Å². The number of nitrogens with zero attached hydrogens (tertiary/aromatic N) is 2. The quantitative estimate of drug-likeness (QED) is 0.492. The van der Waals surface area contributed by atoms with Gasteiger partial charge in [-0.15, -0.1) is 0 Å². The fourth-order valence-corrected chi connectivity index (χ4v) is 2.33. The number of rotatable bonds is 0. The van der Waals surface area contributed by atoms with Crippen molar-refractivity contribution in [3.8, 4) is 0 Å². The van der Waals surface area contributed by atoms with Crippen LogP contribution in [0.1, 0.15) is 0 Å². The Morgan fingerprint density at radius 1 is 1.70 bits per heavy atom. The molecule has 54 valence electrons. The van der Waals surface area contributed by atoms with Crippen LogP contribution < -0.4 is 0 Å². The van der Waals surface area contributed by atoms with Gasteiger partial charge in [-0.25, -0.2) is 4.99 Å². The zero-order valence-corrected chi connectivity index (χ0v) is 6.30. The van der Waals surface area contributed by atoms with Crippen LogP contribution in [0.5, 0.6) is 0 Å². The largest absolute Gasteiger partial charge is 0.344 e. The van der Waals surface area contributed by atoms with Crippen molar-refractivity contribution in [3.05, 3.63) is 12.3 Å². The van der Waals surface area contributed by atoms with E-state index in [4.69, 9.17) is 0 Å². The summed E-state index contributed by atoms with van der Waals surface area (Å²) in [6, 6.07) is 0. The van der Waals surface area contributed by atoms with Crippen LogP contribution in [0.15, 0.2) is 17.3 Å². The number of aliphatic imine (C=N–C) groups is 1. The minimum absolute atomic E-state index is 0.751. The van der Waals surface area contributed by atoms with Crippen LogP contribution in [0.4, 0.5) is 0 Å². The summed E-state index contributed by atoms with van der Waals surface area (Å²) >= 11 is 0. The summed E-state index contributed by atoms with van der Waals surface area (Å²) in [6.45, 7) is 1.78. The van der Waals surface area contributed by atoms with E-state index in [2.05, 4.69) is 9.89 Å². The van der Waals surface area contributed by atoms with Gasteiger partial charge in [0.15, 0.2) is 5.17 Å². The molecule has 0 aromatic heterocycles. The number of fused-ring (bicyclic) bond motifs is 1. The van der Waals surface area contributed by atoms with Gasteiger partial charge < -0.3 is 4.90 Å². The molecule has 2 aliphatic heterocycles. The first-order valence-corrected chi connectivity index (χ1v) is 4.56. The molecule has 0 spiro atoms. The maximum Gasteiger partial charge on any atom is 0.195 e. The van der Waals surface area contributed by atoms with E-state index in [9.17, 15) is 4.21 Å². The average molecular weight is 156 g/mol. The van der Waals surface area contributed by atoms with Gasteiger partial charge in [0.1, 0.15) is 0 Å². The van der Waals surface area contributed by atoms with E-state index in [0.29, 0.717) is 0 Å². The van der Waals surface area contributed by atoms with Gasteiger partial charge in [0.05, 0.1) is 10.8 Å². The van der Waals surface area contributed by atoms with Crippen LogP contribution in [0.25, 0.3) is 0 Å². The molecule has 10 heavy (non-hydrogen) atoms. The SMILES string of the molecule is O=S1CCN2CC=CN=C21. The molecule has 1 fully saturated rings. The highest BCUT2D eigenvalue weighted by atomic mass is 32.2. The first kappa shape index (κ1) is 6.09. The van der Waals surface area contributed by atoms with Crippen molar-refractivity contribution < 1.29 is 4.21 Å². The van der Waals surface area contributed by atoms with Crippen LogP contribution in [-0.4, -0.2) is 33.1 Å². The normalized spacial score (nSPS) is 30.2. The Morgan fingerprint density at radius 3 is 3.40 bits per heavy atom. The lowest BCUT2D eigenvalue weighted by Gasteiger charge is -2.16. The lowest BCUT2D eigenvalue weighted by atomic mass is 10.5. The Morgan fingerprint density at radius 2 is 2.60 bits per heavy atom. The molecular weight excluding hydrogens is 148 g/mol. The zero-order valence-electron chi connectivity index (χ0n) is 5.49. The Balaban J connectivity index is 2.33. The zero-order chi connectivity index (χ0) is 6.97. The van der Waals surface area contributed by atoms with Gasteiger partial charge in [-0.3, -0.25) is 4.21 Å². The fourth-order valence-electron chi connectivity index (χ4n) is 1.12. The highest BCUT2D eigenvalue weighted by molar-refractivity contribution is 8.00. The smallest absolute Gasteiger partial charge is 0.195 e. The Hall–Kier alpha value is -0.640. The second-order valence-corrected chi connectivity index (χ2v) is 3.76. The Kier molecular flexibility index (Phi) is 1.34. The summed E-state index contributed by atoms with van der Waals surface area (Å²) in [6.07, 6.45) is 3.71. The summed E-state index contributed by atoms with van der Waals surface area (Å²) in [5.74, 6) is 0.751. The lowest BCUT2D eigenvalue weighted by Crippen LogP contribution is -2.27. The molecule has 0 saturated carbocycles. The van der Waals surface area contributed by atoms with Gasteiger partial charge in [0, 0.05) is 25.0 Å². The van der Waals surface area contributed by atoms with Crippen molar-refractivity contribution in [3.63, 3.8) is 0 Å².